The van der Waals surface area contributed by atoms with Gasteiger partial charge in [-0.1, -0.05) is 74.0 Å². The summed E-state index contributed by atoms with van der Waals surface area (Å²) in [5.41, 5.74) is 3.02. The minimum absolute atomic E-state index is 0.136. The van der Waals surface area contributed by atoms with Gasteiger partial charge < -0.3 is 5.32 Å². The van der Waals surface area contributed by atoms with Crippen molar-refractivity contribution >= 4 is 0 Å². The van der Waals surface area contributed by atoms with Gasteiger partial charge in [-0.15, -0.1) is 0 Å². The van der Waals surface area contributed by atoms with Crippen LogP contribution < -0.4 is 5.32 Å². The molecule has 1 aliphatic heterocycles. The Kier molecular flexibility index (Phi) is 3.39. The lowest BCUT2D eigenvalue weighted by molar-refractivity contribution is 0.455. The average molecular weight is 251 g/mol. The zero-order chi connectivity index (χ0) is 13.1. The van der Waals surface area contributed by atoms with Crippen LogP contribution in [-0.4, -0.2) is 12.6 Å². The minimum atomic E-state index is 0.136. The third kappa shape index (κ3) is 2.19. The molecular formula is C18H21N. The molecule has 0 amide bonds. The van der Waals surface area contributed by atoms with Gasteiger partial charge in [-0.3, -0.25) is 0 Å². The summed E-state index contributed by atoms with van der Waals surface area (Å²) in [6, 6.07) is 22.5. The van der Waals surface area contributed by atoms with E-state index in [4.69, 9.17) is 0 Å². The van der Waals surface area contributed by atoms with E-state index < -0.39 is 0 Å². The lowest BCUT2D eigenvalue weighted by Gasteiger charge is -2.34. The van der Waals surface area contributed by atoms with Crippen LogP contribution in [0.4, 0.5) is 0 Å². The van der Waals surface area contributed by atoms with Crippen LogP contribution in [0, 0.1) is 0 Å². The fourth-order valence-electron chi connectivity index (χ4n) is 3.30. The third-order valence-corrected chi connectivity index (χ3v) is 4.23. The summed E-state index contributed by atoms with van der Waals surface area (Å²) < 4.78 is 0. The molecule has 1 aliphatic rings. The molecule has 0 bridgehead atoms. The second-order valence-corrected chi connectivity index (χ2v) is 5.41. The highest BCUT2D eigenvalue weighted by atomic mass is 15.1. The van der Waals surface area contributed by atoms with Crippen molar-refractivity contribution in [3.63, 3.8) is 0 Å². The summed E-state index contributed by atoms with van der Waals surface area (Å²) in [6.45, 7) is 3.41. The molecule has 0 radical (unpaired) electrons. The van der Waals surface area contributed by atoms with Gasteiger partial charge >= 0.3 is 0 Å². The highest BCUT2D eigenvalue weighted by Crippen LogP contribution is 2.42. The summed E-state index contributed by atoms with van der Waals surface area (Å²) in [4.78, 5) is 0. The molecule has 3 rings (SSSR count). The van der Waals surface area contributed by atoms with Gasteiger partial charge in [0.1, 0.15) is 0 Å². The highest BCUT2D eigenvalue weighted by Gasteiger charge is 2.46. The Labute approximate surface area is 115 Å². The fourth-order valence-corrected chi connectivity index (χ4v) is 3.30. The molecule has 19 heavy (non-hydrogen) atoms. The van der Waals surface area contributed by atoms with E-state index in [1.54, 1.807) is 0 Å². The van der Waals surface area contributed by atoms with Gasteiger partial charge in [0.2, 0.25) is 0 Å². The summed E-state index contributed by atoms with van der Waals surface area (Å²) in [5, 5.41) is 3.56. The van der Waals surface area contributed by atoms with Crippen molar-refractivity contribution in [3.05, 3.63) is 71.8 Å². The molecule has 2 aromatic rings. The van der Waals surface area contributed by atoms with Gasteiger partial charge in [-0.05, 0) is 17.5 Å². The van der Waals surface area contributed by atoms with Gasteiger partial charge in [0.05, 0.1) is 0 Å². The Balaban J connectivity index is 2.14. The van der Waals surface area contributed by atoms with Gasteiger partial charge in [0, 0.05) is 18.0 Å². The van der Waals surface area contributed by atoms with Crippen LogP contribution in [0.5, 0.6) is 0 Å². The summed E-state index contributed by atoms with van der Waals surface area (Å²) >= 11 is 0. The maximum absolute atomic E-state index is 3.56. The van der Waals surface area contributed by atoms with E-state index >= 15 is 0 Å². The number of nitrogens with one attached hydrogen (secondary N) is 1. The number of rotatable bonds is 5. The molecule has 1 nitrogen and oxygen atoms in total. The second-order valence-electron chi connectivity index (χ2n) is 5.41. The maximum atomic E-state index is 3.56. The van der Waals surface area contributed by atoms with Gasteiger partial charge in [0.15, 0.2) is 0 Å². The van der Waals surface area contributed by atoms with E-state index in [1.807, 2.05) is 0 Å². The SMILES string of the molecule is CCCC(c1ccccc1)(c1ccccc1)[C@H]1CN1. The molecule has 0 aromatic heterocycles. The quantitative estimate of drug-likeness (QED) is 0.803. The Bertz CT molecular complexity index is 474. The predicted molar refractivity (Wildman–Crippen MR) is 80.4 cm³/mol. The first-order chi connectivity index (χ1) is 9.38. The van der Waals surface area contributed by atoms with Crippen LogP contribution in [0.15, 0.2) is 60.7 Å². The fraction of sp³-hybridized carbons (Fsp3) is 0.333. The van der Waals surface area contributed by atoms with Crippen LogP contribution in [-0.2, 0) is 5.41 Å². The maximum Gasteiger partial charge on any atom is 0.0368 e. The van der Waals surface area contributed by atoms with Crippen molar-refractivity contribution in [2.75, 3.05) is 6.54 Å². The van der Waals surface area contributed by atoms with Crippen molar-refractivity contribution in [2.24, 2.45) is 0 Å². The normalized spacial score (nSPS) is 18.3. The standard InChI is InChI=1S/C18H21N/c1-2-13-18(17-14-19-17,15-9-5-3-6-10-15)16-11-7-4-8-12-16/h3-12,17,19H,2,13-14H2,1H3/t17-/m1/s1. The molecule has 1 heteroatoms. The molecule has 0 aliphatic carbocycles. The van der Waals surface area contributed by atoms with E-state index in [0.717, 1.165) is 6.54 Å². The van der Waals surface area contributed by atoms with Crippen molar-refractivity contribution in [3.8, 4) is 0 Å². The lowest BCUT2D eigenvalue weighted by atomic mass is 9.69. The molecule has 1 saturated heterocycles. The first-order valence-corrected chi connectivity index (χ1v) is 7.22. The van der Waals surface area contributed by atoms with Crippen molar-refractivity contribution in [1.29, 1.82) is 0 Å². The van der Waals surface area contributed by atoms with E-state index in [2.05, 4.69) is 72.9 Å². The van der Waals surface area contributed by atoms with Crippen LogP contribution in [0.3, 0.4) is 0 Å². The molecule has 2 aromatic carbocycles. The predicted octanol–water partition coefficient (Wildman–Crippen LogP) is 3.74. The van der Waals surface area contributed by atoms with Gasteiger partial charge in [-0.25, -0.2) is 0 Å². The first-order valence-electron chi connectivity index (χ1n) is 7.22. The van der Waals surface area contributed by atoms with Gasteiger partial charge in [0.25, 0.3) is 0 Å². The van der Waals surface area contributed by atoms with Crippen molar-refractivity contribution in [2.45, 2.75) is 31.2 Å². The average Bonchev–Trinajstić information content (AvgIpc) is 3.32. The summed E-state index contributed by atoms with van der Waals surface area (Å²) in [6.07, 6.45) is 2.39. The van der Waals surface area contributed by atoms with Crippen LogP contribution in [0.2, 0.25) is 0 Å². The minimum Gasteiger partial charge on any atom is -0.310 e. The molecule has 1 fully saturated rings. The molecule has 1 atom stereocenters. The van der Waals surface area contributed by atoms with Crippen LogP contribution in [0.25, 0.3) is 0 Å². The Morgan fingerprint density at radius 1 is 0.947 bits per heavy atom. The Hall–Kier alpha value is -1.60. The van der Waals surface area contributed by atoms with E-state index in [0.29, 0.717) is 6.04 Å². The number of benzene rings is 2. The smallest absolute Gasteiger partial charge is 0.0368 e. The lowest BCUT2D eigenvalue weighted by Crippen LogP contribution is -2.35. The molecule has 0 spiro atoms. The van der Waals surface area contributed by atoms with E-state index in [1.165, 1.54) is 24.0 Å². The first kappa shape index (κ1) is 12.4. The van der Waals surface area contributed by atoms with E-state index in [9.17, 15) is 0 Å². The molecule has 0 saturated carbocycles. The van der Waals surface area contributed by atoms with Crippen molar-refractivity contribution in [1.82, 2.24) is 5.32 Å². The zero-order valence-corrected chi connectivity index (χ0v) is 11.5. The van der Waals surface area contributed by atoms with Crippen LogP contribution >= 0.6 is 0 Å². The molecule has 0 unspecified atom stereocenters. The van der Waals surface area contributed by atoms with E-state index in [-0.39, 0.29) is 5.41 Å². The number of hydrogen-bond acceptors (Lipinski definition) is 1. The van der Waals surface area contributed by atoms with Crippen molar-refractivity contribution < 1.29 is 0 Å². The highest BCUT2D eigenvalue weighted by molar-refractivity contribution is 5.43. The topological polar surface area (TPSA) is 21.9 Å². The summed E-state index contributed by atoms with van der Waals surface area (Å²) in [5.74, 6) is 0. The monoisotopic (exact) mass is 251 g/mol. The Morgan fingerprint density at radius 2 is 1.42 bits per heavy atom. The summed E-state index contributed by atoms with van der Waals surface area (Å²) in [7, 11) is 0. The molecule has 98 valence electrons. The zero-order valence-electron chi connectivity index (χ0n) is 11.5. The second kappa shape index (κ2) is 5.18. The van der Waals surface area contributed by atoms with Crippen LogP contribution in [0.1, 0.15) is 30.9 Å². The molecular weight excluding hydrogens is 230 g/mol. The largest absolute Gasteiger partial charge is 0.310 e. The third-order valence-electron chi connectivity index (χ3n) is 4.23. The molecule has 1 N–H and O–H groups in total. The van der Waals surface area contributed by atoms with Gasteiger partial charge in [-0.2, -0.15) is 0 Å². The number of hydrogen-bond donors (Lipinski definition) is 1. The molecule has 1 heterocycles. The Morgan fingerprint density at radius 3 is 1.79 bits per heavy atom.